The summed E-state index contributed by atoms with van der Waals surface area (Å²) in [6.45, 7) is -0.410. The minimum absolute atomic E-state index is 0.0292. The van der Waals surface area contributed by atoms with Gasteiger partial charge in [0.05, 0.1) is 23.9 Å². The molecule has 0 radical (unpaired) electrons. The van der Waals surface area contributed by atoms with E-state index in [1.807, 2.05) is 3.11 Å². The highest BCUT2D eigenvalue weighted by atomic mass is 127. The molecule has 6 nitrogen and oxygen atoms in total. The minimum atomic E-state index is -4.60. The van der Waals surface area contributed by atoms with Gasteiger partial charge >= 0.3 is 42.2 Å². The van der Waals surface area contributed by atoms with Crippen LogP contribution in [0.25, 0.3) is 0 Å². The molecule has 0 aromatic heterocycles. The molecule has 13 heteroatoms. The highest BCUT2D eigenvalue weighted by Gasteiger charge is 2.44. The van der Waals surface area contributed by atoms with E-state index in [4.69, 9.17) is 11.6 Å². The van der Waals surface area contributed by atoms with Gasteiger partial charge < -0.3 is 10.4 Å². The van der Waals surface area contributed by atoms with E-state index in [2.05, 4.69) is 5.32 Å². The molecule has 1 fully saturated rings. The van der Waals surface area contributed by atoms with E-state index < -0.39 is 66.3 Å². The van der Waals surface area contributed by atoms with Crippen molar-refractivity contribution in [3.05, 3.63) is 99.8 Å². The lowest BCUT2D eigenvalue weighted by Crippen LogP contribution is -3.67. The SMILES string of the molecule is O=C(N[C@@H](CO)c1ccc(S(=O)(=[OH+])C2CC2)cc1)C1=CC2C=C(Cc3ccc(Cl)cc3C(F)(F)F)N([I+]CF)C2C=C1. The average Bonchev–Trinajstić information content (AvgIpc) is 3.77. The molecule has 3 aliphatic rings. The first-order valence-electron chi connectivity index (χ1n) is 13.1. The molecular formula is C29H28ClF4IN2O4S+2. The summed E-state index contributed by atoms with van der Waals surface area (Å²) in [7, 11) is -3.12. The maximum absolute atomic E-state index is 13.7. The molecule has 1 saturated carbocycles. The largest absolute Gasteiger partial charge is 0.457 e. The van der Waals surface area contributed by atoms with Crippen molar-refractivity contribution >= 4 is 27.3 Å². The van der Waals surface area contributed by atoms with E-state index in [1.165, 1.54) is 24.3 Å². The van der Waals surface area contributed by atoms with Crippen LogP contribution in [0.2, 0.25) is 5.02 Å². The number of hydrogen-bond acceptors (Lipinski definition) is 4. The van der Waals surface area contributed by atoms with Crippen LogP contribution in [0.4, 0.5) is 17.6 Å². The number of allylic oxidation sites excluding steroid dienone is 1. The number of amides is 1. The van der Waals surface area contributed by atoms with Gasteiger partial charge in [0.2, 0.25) is 0 Å². The second kappa shape index (κ2) is 12.3. The van der Waals surface area contributed by atoms with Crippen molar-refractivity contribution in [1.29, 1.82) is 0 Å². The highest BCUT2D eigenvalue weighted by Crippen LogP contribution is 2.38. The third-order valence-corrected chi connectivity index (χ3v) is 12.2. The Hall–Kier alpha value is -2.42. The smallest absolute Gasteiger partial charge is 0.394 e. The lowest BCUT2D eigenvalue weighted by atomic mass is 9.92. The lowest BCUT2D eigenvalue weighted by molar-refractivity contribution is -0.812. The van der Waals surface area contributed by atoms with Gasteiger partial charge in [-0.3, -0.25) is 4.79 Å². The number of nitrogens with zero attached hydrogens (tertiary/aromatic N) is 1. The summed E-state index contributed by atoms with van der Waals surface area (Å²) in [6, 6.07) is 8.80. The molecule has 2 aromatic carbocycles. The van der Waals surface area contributed by atoms with Crippen LogP contribution in [0.5, 0.6) is 0 Å². The predicted octanol–water partition coefficient (Wildman–Crippen LogP) is 2.46. The maximum Gasteiger partial charge on any atom is 0.457 e. The zero-order valence-corrected chi connectivity index (χ0v) is 25.8. The number of alkyl halides is 5. The van der Waals surface area contributed by atoms with E-state index in [-0.39, 0.29) is 34.2 Å². The third kappa shape index (κ3) is 6.56. The summed E-state index contributed by atoms with van der Waals surface area (Å²) >= 11 is 4.67. The van der Waals surface area contributed by atoms with Crippen LogP contribution in [0.15, 0.2) is 82.9 Å². The predicted molar refractivity (Wildman–Crippen MR) is 146 cm³/mol. The van der Waals surface area contributed by atoms with Gasteiger partial charge in [-0.1, -0.05) is 54.1 Å². The van der Waals surface area contributed by atoms with Crippen LogP contribution in [-0.2, 0) is 27.2 Å². The molecule has 42 heavy (non-hydrogen) atoms. The number of aliphatic hydroxyl groups excluding tert-OH is 1. The quantitative estimate of drug-likeness (QED) is 0.129. The van der Waals surface area contributed by atoms with Crippen LogP contribution in [0, 0.1) is 5.92 Å². The fraction of sp³-hybridized carbons (Fsp3) is 0.345. The fourth-order valence-electron chi connectivity index (χ4n) is 5.15. The molecule has 2 aliphatic carbocycles. The molecule has 2 aromatic rings. The molecule has 0 saturated heterocycles. The van der Waals surface area contributed by atoms with Crippen LogP contribution in [-0.4, -0.2) is 45.1 Å². The molecule has 1 amide bonds. The molecular weight excluding hydrogens is 711 g/mol. The molecule has 224 valence electrons. The van der Waals surface area contributed by atoms with E-state index >= 15 is 0 Å². The van der Waals surface area contributed by atoms with Gasteiger partial charge in [0.15, 0.2) is 0 Å². The summed E-state index contributed by atoms with van der Waals surface area (Å²) < 4.78 is 78.8. The summed E-state index contributed by atoms with van der Waals surface area (Å²) in [5.41, 5.74) is 0.612. The van der Waals surface area contributed by atoms with Crippen molar-refractivity contribution in [1.82, 2.24) is 8.43 Å². The van der Waals surface area contributed by atoms with Crippen LogP contribution >= 0.6 is 11.6 Å². The van der Waals surface area contributed by atoms with Gasteiger partial charge in [0.25, 0.3) is 5.91 Å². The first-order valence-corrected chi connectivity index (χ1v) is 17.5. The highest BCUT2D eigenvalue weighted by molar-refractivity contribution is 7.92. The van der Waals surface area contributed by atoms with Gasteiger partial charge in [-0.15, -0.1) is 0 Å². The number of hydrogen-bond donors (Lipinski definition) is 2. The molecule has 3 unspecified atom stereocenters. The number of carbonyl (C=O) groups excluding carboxylic acids is 1. The summed E-state index contributed by atoms with van der Waals surface area (Å²) in [5, 5.41) is 12.5. The van der Waals surface area contributed by atoms with Gasteiger partial charge in [-0.2, -0.15) is 24.9 Å². The van der Waals surface area contributed by atoms with Crippen molar-refractivity contribution in [3.8, 4) is 0 Å². The standard InChI is InChI=1S/C29H26ClF4IN2O4S/c30-21-5-1-18(25(14-21)29(32,33)34)12-22-13-20-11-19(4-10-27(20)37(22)35-16-31)28(39)36-26(15-38)17-2-6-23(7-3-17)42(40,41)24-8-9-24/h1-7,10-11,13-14,20,24,26-27,38H,8-9,12,15-16H2/p+2/t20?,26-,27?/m0/s1. The van der Waals surface area contributed by atoms with E-state index in [0.29, 0.717) is 34.6 Å². The van der Waals surface area contributed by atoms with Gasteiger partial charge in [0.1, 0.15) is 16.2 Å². The van der Waals surface area contributed by atoms with E-state index in [0.717, 1.165) is 6.07 Å². The number of benzene rings is 2. The number of carbonyl (C=O) groups is 1. The molecule has 0 spiro atoms. The van der Waals surface area contributed by atoms with Crippen molar-refractivity contribution in [2.24, 2.45) is 5.92 Å². The maximum atomic E-state index is 13.7. The van der Waals surface area contributed by atoms with Crippen LogP contribution in [0.3, 0.4) is 0 Å². The Morgan fingerprint density at radius 3 is 2.52 bits per heavy atom. The monoisotopic (exact) mass is 738 g/mol. The van der Waals surface area contributed by atoms with E-state index in [1.54, 1.807) is 36.4 Å². The third-order valence-electron chi connectivity index (χ3n) is 7.43. The second-order valence-corrected chi connectivity index (χ2v) is 15.3. The van der Waals surface area contributed by atoms with Crippen molar-refractivity contribution in [2.45, 2.75) is 47.7 Å². The van der Waals surface area contributed by atoms with Crippen LogP contribution < -0.4 is 26.8 Å². The number of halogens is 6. The van der Waals surface area contributed by atoms with Crippen molar-refractivity contribution in [3.63, 3.8) is 0 Å². The molecule has 3 N–H and O–H groups in total. The zero-order chi connectivity index (χ0) is 30.2. The minimum Gasteiger partial charge on any atom is -0.394 e. The van der Waals surface area contributed by atoms with Crippen LogP contribution in [0.1, 0.15) is 35.6 Å². The molecule has 1 aliphatic heterocycles. The Balaban J connectivity index is 1.33. The Morgan fingerprint density at radius 2 is 1.90 bits per heavy atom. The topological polar surface area (TPSA) is 91.0 Å². The second-order valence-electron chi connectivity index (χ2n) is 10.3. The Bertz CT molecular complexity index is 1560. The van der Waals surface area contributed by atoms with Gasteiger partial charge in [0, 0.05) is 22.9 Å². The summed E-state index contributed by atoms with van der Waals surface area (Å²) in [6.07, 6.45) is 3.57. The molecule has 0 bridgehead atoms. The molecule has 4 atom stereocenters. The lowest BCUT2D eigenvalue weighted by Gasteiger charge is -2.23. The zero-order valence-electron chi connectivity index (χ0n) is 22.0. The average molecular weight is 739 g/mol. The fourth-order valence-corrected chi connectivity index (χ4v) is 9.07. The number of fused-ring (bicyclic) bond motifs is 1. The first kappa shape index (κ1) is 31.0. The van der Waals surface area contributed by atoms with Gasteiger partial charge in [-0.25, -0.2) is 4.21 Å². The first-order chi connectivity index (χ1) is 19.9. The summed E-state index contributed by atoms with van der Waals surface area (Å²) in [4.78, 5) is 13.5. The Labute approximate surface area is 256 Å². The Kier molecular flexibility index (Phi) is 9.08. The van der Waals surface area contributed by atoms with Crippen molar-refractivity contribution in [2.75, 3.05) is 11.3 Å². The van der Waals surface area contributed by atoms with Crippen molar-refractivity contribution < 1.29 is 57.4 Å². The molecule has 5 rings (SSSR count). The van der Waals surface area contributed by atoms with Gasteiger partial charge in [-0.05, 0) is 48.2 Å². The number of aliphatic hydroxyl groups is 1. The summed E-state index contributed by atoms with van der Waals surface area (Å²) in [5.74, 6) is -0.826. The van der Waals surface area contributed by atoms with E-state index in [9.17, 15) is 35.9 Å². The molecule has 1 heterocycles. The normalized spacial score (nSPS) is 22.2. The number of rotatable bonds is 10. The Morgan fingerprint density at radius 1 is 1.19 bits per heavy atom. The number of nitrogens with one attached hydrogen (secondary N) is 1.